The fourth-order valence-electron chi connectivity index (χ4n) is 2.91. The van der Waals surface area contributed by atoms with Gasteiger partial charge in [0, 0.05) is 36.1 Å². The second-order valence-electron chi connectivity index (χ2n) is 6.21. The minimum atomic E-state index is -0.308. The summed E-state index contributed by atoms with van der Waals surface area (Å²) < 4.78 is 0. The molecule has 1 aromatic rings. The molecule has 1 aromatic carbocycles. The molecule has 122 valence electrons. The summed E-state index contributed by atoms with van der Waals surface area (Å²) in [5.74, 6) is 0.216. The fraction of sp³-hybridized carbons (Fsp3) is 0.588. The normalized spacial score (nSPS) is 21.8. The first kappa shape index (κ1) is 17.3. The van der Waals surface area contributed by atoms with Crippen LogP contribution >= 0.6 is 11.6 Å². The van der Waals surface area contributed by atoms with E-state index in [-0.39, 0.29) is 23.3 Å². The molecule has 0 spiro atoms. The van der Waals surface area contributed by atoms with E-state index >= 15 is 0 Å². The molecule has 0 unspecified atom stereocenters. The lowest BCUT2D eigenvalue weighted by Crippen LogP contribution is -2.50. The highest BCUT2D eigenvalue weighted by Gasteiger charge is 2.34. The Morgan fingerprint density at radius 2 is 1.95 bits per heavy atom. The Bertz CT molecular complexity index is 499. The van der Waals surface area contributed by atoms with Gasteiger partial charge in [-0.05, 0) is 30.5 Å². The molecule has 0 aliphatic carbocycles. The Kier molecular flexibility index (Phi) is 5.84. The second kappa shape index (κ2) is 7.44. The number of hydrogen-bond acceptors (Lipinski definition) is 3. The number of nitrogens with two attached hydrogens (primary N) is 1. The van der Waals surface area contributed by atoms with Gasteiger partial charge in [-0.2, -0.15) is 0 Å². The van der Waals surface area contributed by atoms with Crippen LogP contribution in [0, 0.1) is 5.92 Å². The van der Waals surface area contributed by atoms with E-state index in [9.17, 15) is 4.79 Å². The smallest absolute Gasteiger partial charge is 0.225 e. The van der Waals surface area contributed by atoms with Crippen molar-refractivity contribution in [2.75, 3.05) is 19.6 Å². The molecule has 5 heteroatoms. The first-order valence-electron chi connectivity index (χ1n) is 8.02. The van der Waals surface area contributed by atoms with Crippen molar-refractivity contribution < 1.29 is 4.79 Å². The van der Waals surface area contributed by atoms with Gasteiger partial charge in [0.1, 0.15) is 0 Å². The van der Waals surface area contributed by atoms with Crippen molar-refractivity contribution in [3.63, 3.8) is 0 Å². The van der Waals surface area contributed by atoms with Gasteiger partial charge in [0.15, 0.2) is 0 Å². The highest BCUT2D eigenvalue weighted by Crippen LogP contribution is 2.29. The van der Waals surface area contributed by atoms with Crippen molar-refractivity contribution in [3.8, 4) is 0 Å². The van der Waals surface area contributed by atoms with E-state index in [1.165, 1.54) is 0 Å². The number of nitrogens with one attached hydrogen (secondary N) is 2. The van der Waals surface area contributed by atoms with Crippen LogP contribution in [0.1, 0.15) is 38.2 Å². The van der Waals surface area contributed by atoms with E-state index in [0.29, 0.717) is 13.1 Å². The van der Waals surface area contributed by atoms with Gasteiger partial charge in [-0.25, -0.2) is 0 Å². The fourth-order valence-corrected chi connectivity index (χ4v) is 3.03. The minimum absolute atomic E-state index is 0.0564. The highest BCUT2D eigenvalue weighted by molar-refractivity contribution is 6.30. The van der Waals surface area contributed by atoms with E-state index < -0.39 is 0 Å². The average molecular weight is 324 g/mol. The molecule has 4 N–H and O–H groups in total. The van der Waals surface area contributed by atoms with E-state index in [4.69, 9.17) is 17.3 Å². The summed E-state index contributed by atoms with van der Waals surface area (Å²) in [6, 6.07) is 7.77. The Hall–Kier alpha value is -1.10. The van der Waals surface area contributed by atoms with Crippen molar-refractivity contribution in [1.29, 1.82) is 0 Å². The van der Waals surface area contributed by atoms with E-state index in [1.807, 2.05) is 24.3 Å². The number of hydrogen-bond donors (Lipinski definition) is 3. The standard InChI is InChI=1S/C17H26ClN3O/c1-3-17(19,4-2)11-21-16(22)15-10-20-9-14(15)12-5-7-13(18)8-6-12/h5-8,14-15,20H,3-4,9-11,19H2,1-2H3,(H,21,22)/t14-,15+/m0/s1. The number of benzene rings is 1. The lowest BCUT2D eigenvalue weighted by atomic mass is 9.87. The van der Waals surface area contributed by atoms with Crippen LogP contribution in [0.15, 0.2) is 24.3 Å². The van der Waals surface area contributed by atoms with Crippen LogP contribution in [0.25, 0.3) is 0 Å². The zero-order chi connectivity index (χ0) is 16.2. The molecule has 0 saturated carbocycles. The first-order chi connectivity index (χ1) is 10.5. The molecule has 2 atom stereocenters. The number of halogens is 1. The van der Waals surface area contributed by atoms with Gasteiger partial charge in [-0.3, -0.25) is 4.79 Å². The molecule has 1 aliphatic heterocycles. The van der Waals surface area contributed by atoms with Gasteiger partial charge in [0.25, 0.3) is 0 Å². The maximum atomic E-state index is 12.5. The molecule has 4 nitrogen and oxygen atoms in total. The molecule has 1 heterocycles. The third kappa shape index (κ3) is 4.00. The first-order valence-corrected chi connectivity index (χ1v) is 8.39. The molecule has 0 radical (unpaired) electrons. The van der Waals surface area contributed by atoms with Crippen LogP contribution < -0.4 is 16.4 Å². The molecule has 0 bridgehead atoms. The zero-order valence-electron chi connectivity index (χ0n) is 13.4. The summed E-state index contributed by atoms with van der Waals surface area (Å²) in [5, 5.41) is 7.08. The lowest BCUT2D eigenvalue weighted by Gasteiger charge is -2.28. The van der Waals surface area contributed by atoms with Crippen molar-refractivity contribution in [1.82, 2.24) is 10.6 Å². The zero-order valence-corrected chi connectivity index (χ0v) is 14.1. The third-order valence-electron chi connectivity index (χ3n) is 4.87. The van der Waals surface area contributed by atoms with Gasteiger partial charge in [0.2, 0.25) is 5.91 Å². The summed E-state index contributed by atoms with van der Waals surface area (Å²) >= 11 is 5.94. The van der Waals surface area contributed by atoms with E-state index in [1.54, 1.807) is 0 Å². The number of rotatable bonds is 6. The van der Waals surface area contributed by atoms with Gasteiger partial charge >= 0.3 is 0 Å². The lowest BCUT2D eigenvalue weighted by molar-refractivity contribution is -0.125. The van der Waals surface area contributed by atoms with Gasteiger partial charge < -0.3 is 16.4 Å². The number of carbonyl (C=O) groups excluding carboxylic acids is 1. The van der Waals surface area contributed by atoms with Gasteiger partial charge in [-0.15, -0.1) is 0 Å². The van der Waals surface area contributed by atoms with Crippen molar-refractivity contribution in [2.45, 2.75) is 38.1 Å². The number of carbonyl (C=O) groups is 1. The Morgan fingerprint density at radius 3 is 2.55 bits per heavy atom. The highest BCUT2D eigenvalue weighted by atomic mass is 35.5. The Labute approximate surface area is 137 Å². The molecular formula is C17H26ClN3O. The Morgan fingerprint density at radius 1 is 1.32 bits per heavy atom. The van der Waals surface area contributed by atoms with Crippen LogP contribution in [-0.4, -0.2) is 31.1 Å². The molecule has 22 heavy (non-hydrogen) atoms. The summed E-state index contributed by atoms with van der Waals surface area (Å²) in [7, 11) is 0. The van der Waals surface area contributed by atoms with Crippen LogP contribution in [-0.2, 0) is 4.79 Å². The number of amides is 1. The van der Waals surface area contributed by atoms with Crippen LogP contribution in [0.4, 0.5) is 0 Å². The predicted molar refractivity (Wildman–Crippen MR) is 91.1 cm³/mol. The Balaban J connectivity index is 2.01. The van der Waals surface area contributed by atoms with Crippen molar-refractivity contribution >= 4 is 17.5 Å². The molecule has 0 aromatic heterocycles. The van der Waals surface area contributed by atoms with Gasteiger partial charge in [-0.1, -0.05) is 37.6 Å². The van der Waals surface area contributed by atoms with Gasteiger partial charge in [0.05, 0.1) is 5.92 Å². The van der Waals surface area contributed by atoms with E-state index in [2.05, 4.69) is 24.5 Å². The second-order valence-corrected chi connectivity index (χ2v) is 6.65. The molecule has 1 amide bonds. The maximum Gasteiger partial charge on any atom is 0.225 e. The molecule has 2 rings (SSSR count). The molecule has 1 fully saturated rings. The summed E-state index contributed by atoms with van der Waals surface area (Å²) in [6.07, 6.45) is 1.71. The van der Waals surface area contributed by atoms with Crippen LogP contribution in [0.5, 0.6) is 0 Å². The average Bonchev–Trinajstić information content (AvgIpc) is 3.02. The topological polar surface area (TPSA) is 67.1 Å². The van der Waals surface area contributed by atoms with E-state index in [0.717, 1.165) is 30.0 Å². The van der Waals surface area contributed by atoms with Crippen molar-refractivity contribution in [3.05, 3.63) is 34.9 Å². The summed E-state index contributed by atoms with van der Waals surface area (Å²) in [4.78, 5) is 12.5. The van der Waals surface area contributed by atoms with Crippen LogP contribution in [0.3, 0.4) is 0 Å². The summed E-state index contributed by atoms with van der Waals surface area (Å²) in [6.45, 7) is 6.17. The molecule has 1 saturated heterocycles. The predicted octanol–water partition coefficient (Wildman–Crippen LogP) is 2.28. The monoisotopic (exact) mass is 323 g/mol. The SMILES string of the molecule is CCC(N)(CC)CNC(=O)[C@@H]1CNC[C@H]1c1ccc(Cl)cc1. The molecular weight excluding hydrogens is 298 g/mol. The maximum absolute atomic E-state index is 12.5. The van der Waals surface area contributed by atoms with Crippen molar-refractivity contribution in [2.24, 2.45) is 11.7 Å². The quantitative estimate of drug-likeness (QED) is 0.752. The van der Waals surface area contributed by atoms with Crippen LogP contribution in [0.2, 0.25) is 5.02 Å². The third-order valence-corrected chi connectivity index (χ3v) is 5.12. The summed E-state index contributed by atoms with van der Waals surface area (Å²) in [5.41, 5.74) is 7.11. The largest absolute Gasteiger partial charge is 0.354 e. The molecule has 1 aliphatic rings. The minimum Gasteiger partial charge on any atom is -0.354 e.